The number of aliphatic hydroxyl groups excluding tert-OH is 1. The maximum atomic E-state index is 12.7. The molecule has 1 saturated heterocycles. The molecule has 1 aliphatic heterocycles. The third-order valence-electron chi connectivity index (χ3n) is 4.24. The summed E-state index contributed by atoms with van der Waals surface area (Å²) in [5.74, 6) is -0.317. The number of piperidine rings is 1. The Morgan fingerprint density at radius 2 is 2.04 bits per heavy atom. The number of nitrogens with one attached hydrogen (secondary N) is 1. The molecule has 0 saturated carbocycles. The summed E-state index contributed by atoms with van der Waals surface area (Å²) in [6.45, 7) is 2.68. The zero-order valence-corrected chi connectivity index (χ0v) is 13.1. The highest BCUT2D eigenvalue weighted by Crippen LogP contribution is 2.22. The lowest BCUT2D eigenvalue weighted by molar-refractivity contribution is 0.0472. The Labute approximate surface area is 134 Å². The average Bonchev–Trinajstić information content (AvgIpc) is 2.55. The van der Waals surface area contributed by atoms with E-state index >= 15 is 0 Å². The lowest BCUT2D eigenvalue weighted by Gasteiger charge is -2.30. The Kier molecular flexibility index (Phi) is 4.30. The van der Waals surface area contributed by atoms with Gasteiger partial charge in [0.1, 0.15) is 5.56 Å². The number of rotatable bonds is 2. The van der Waals surface area contributed by atoms with Gasteiger partial charge in [0.05, 0.1) is 6.10 Å². The maximum Gasteiger partial charge on any atom is 0.261 e. The number of aryl methyl sites for hydroxylation is 1. The summed E-state index contributed by atoms with van der Waals surface area (Å²) < 4.78 is 0. The van der Waals surface area contributed by atoms with Gasteiger partial charge in [-0.15, -0.1) is 0 Å². The molecule has 2 N–H and O–H groups in total. The number of hydrogen-bond acceptors (Lipinski definition) is 3. The highest BCUT2D eigenvalue weighted by molar-refractivity contribution is 5.95. The van der Waals surface area contributed by atoms with Crippen molar-refractivity contribution < 1.29 is 9.90 Å². The van der Waals surface area contributed by atoms with Crippen molar-refractivity contribution in [1.82, 2.24) is 9.88 Å². The number of aromatic nitrogens is 1. The number of carbonyl (C=O) groups excluding carboxylic acids is 1. The second-order valence-electron chi connectivity index (χ2n) is 5.96. The summed E-state index contributed by atoms with van der Waals surface area (Å²) >= 11 is 0. The molecule has 0 spiro atoms. The Balaban J connectivity index is 1.99. The number of amides is 1. The highest BCUT2D eigenvalue weighted by atomic mass is 16.3. The van der Waals surface area contributed by atoms with Crippen molar-refractivity contribution in [1.29, 1.82) is 0 Å². The van der Waals surface area contributed by atoms with Gasteiger partial charge in [0.2, 0.25) is 0 Å². The van der Waals surface area contributed by atoms with Crippen molar-refractivity contribution in [3.8, 4) is 11.1 Å². The number of hydrogen-bond donors (Lipinski definition) is 2. The number of benzene rings is 1. The van der Waals surface area contributed by atoms with Gasteiger partial charge in [0.15, 0.2) is 0 Å². The fourth-order valence-electron chi connectivity index (χ4n) is 3.01. The molecule has 1 unspecified atom stereocenters. The minimum atomic E-state index is -0.508. The van der Waals surface area contributed by atoms with Crippen LogP contribution >= 0.6 is 0 Å². The third-order valence-corrected chi connectivity index (χ3v) is 4.24. The topological polar surface area (TPSA) is 73.4 Å². The SMILES string of the molecule is Cc1[nH]c(=O)c(C(=O)N2CCCC(O)C2)cc1-c1ccccc1. The maximum absolute atomic E-state index is 12.7. The highest BCUT2D eigenvalue weighted by Gasteiger charge is 2.25. The van der Waals surface area contributed by atoms with Crippen LogP contribution in [0.3, 0.4) is 0 Å². The Hall–Kier alpha value is -2.40. The number of aromatic amines is 1. The van der Waals surface area contributed by atoms with E-state index in [1.807, 2.05) is 37.3 Å². The van der Waals surface area contributed by atoms with E-state index < -0.39 is 6.10 Å². The number of carbonyl (C=O) groups is 1. The summed E-state index contributed by atoms with van der Waals surface area (Å²) in [4.78, 5) is 29.2. The van der Waals surface area contributed by atoms with Crippen LogP contribution in [-0.2, 0) is 0 Å². The van der Waals surface area contributed by atoms with E-state index in [1.54, 1.807) is 11.0 Å². The first kappa shape index (κ1) is 15.5. The third kappa shape index (κ3) is 3.19. The van der Waals surface area contributed by atoms with Crippen LogP contribution in [0.1, 0.15) is 28.9 Å². The Morgan fingerprint density at radius 3 is 2.74 bits per heavy atom. The van der Waals surface area contributed by atoms with E-state index in [4.69, 9.17) is 0 Å². The minimum absolute atomic E-state index is 0.128. The molecule has 1 aliphatic rings. The van der Waals surface area contributed by atoms with Gasteiger partial charge in [0, 0.05) is 24.3 Å². The number of nitrogens with zero attached hydrogens (tertiary/aromatic N) is 1. The van der Waals surface area contributed by atoms with Gasteiger partial charge in [-0.25, -0.2) is 0 Å². The zero-order chi connectivity index (χ0) is 16.4. The molecule has 0 radical (unpaired) electrons. The van der Waals surface area contributed by atoms with Gasteiger partial charge in [-0.1, -0.05) is 30.3 Å². The van der Waals surface area contributed by atoms with Crippen LogP contribution in [0.4, 0.5) is 0 Å². The summed E-state index contributed by atoms with van der Waals surface area (Å²) in [7, 11) is 0. The van der Waals surface area contributed by atoms with Gasteiger partial charge in [-0.05, 0) is 31.4 Å². The van der Waals surface area contributed by atoms with Crippen molar-refractivity contribution in [3.05, 3.63) is 58.0 Å². The van der Waals surface area contributed by atoms with Gasteiger partial charge in [0.25, 0.3) is 11.5 Å². The summed E-state index contributed by atoms with van der Waals surface area (Å²) in [5, 5.41) is 9.74. The first-order chi connectivity index (χ1) is 11.1. The van der Waals surface area contributed by atoms with Crippen LogP contribution in [0.5, 0.6) is 0 Å². The smallest absolute Gasteiger partial charge is 0.261 e. The standard InChI is InChI=1S/C18H20N2O3/c1-12-15(13-6-3-2-4-7-13)10-16(17(22)19-12)18(23)20-9-5-8-14(21)11-20/h2-4,6-7,10,14,21H,5,8-9,11H2,1H3,(H,19,22). The van der Waals surface area contributed by atoms with Crippen molar-refractivity contribution >= 4 is 5.91 Å². The number of H-pyrrole nitrogens is 1. The fraction of sp³-hybridized carbons (Fsp3) is 0.333. The summed E-state index contributed by atoms with van der Waals surface area (Å²) in [5.41, 5.74) is 2.27. The van der Waals surface area contributed by atoms with Gasteiger partial charge >= 0.3 is 0 Å². The normalized spacial score (nSPS) is 18.0. The molecule has 2 aromatic rings. The quantitative estimate of drug-likeness (QED) is 0.890. The largest absolute Gasteiger partial charge is 0.391 e. The van der Waals surface area contributed by atoms with Gasteiger partial charge in [-0.3, -0.25) is 9.59 Å². The monoisotopic (exact) mass is 312 g/mol. The van der Waals surface area contributed by atoms with E-state index in [-0.39, 0.29) is 23.6 Å². The Morgan fingerprint density at radius 1 is 1.30 bits per heavy atom. The average molecular weight is 312 g/mol. The molecular weight excluding hydrogens is 292 g/mol. The van der Waals surface area contributed by atoms with Crippen LogP contribution < -0.4 is 5.56 Å². The van der Waals surface area contributed by atoms with E-state index in [1.165, 1.54) is 0 Å². The lowest BCUT2D eigenvalue weighted by atomic mass is 10.0. The van der Waals surface area contributed by atoms with Crippen LogP contribution in [-0.4, -0.2) is 40.1 Å². The molecule has 5 heteroatoms. The first-order valence-electron chi connectivity index (χ1n) is 7.83. The minimum Gasteiger partial charge on any atom is -0.391 e. The fourth-order valence-corrected chi connectivity index (χ4v) is 3.01. The molecule has 3 rings (SSSR count). The van der Waals surface area contributed by atoms with Crippen molar-refractivity contribution in [2.45, 2.75) is 25.9 Å². The second-order valence-corrected chi connectivity index (χ2v) is 5.96. The second kappa shape index (κ2) is 6.38. The molecule has 0 bridgehead atoms. The lowest BCUT2D eigenvalue weighted by Crippen LogP contribution is -2.43. The van der Waals surface area contributed by atoms with E-state index in [0.29, 0.717) is 13.0 Å². The van der Waals surface area contributed by atoms with E-state index in [9.17, 15) is 14.7 Å². The zero-order valence-electron chi connectivity index (χ0n) is 13.1. The first-order valence-corrected chi connectivity index (χ1v) is 7.83. The number of β-amino-alcohol motifs (C(OH)–C–C–N with tert-alkyl or cyclic N) is 1. The molecule has 23 heavy (non-hydrogen) atoms. The molecule has 2 heterocycles. The van der Waals surface area contributed by atoms with Crippen molar-refractivity contribution in [3.63, 3.8) is 0 Å². The predicted octanol–water partition coefficient (Wildman–Crippen LogP) is 1.95. The predicted molar refractivity (Wildman–Crippen MR) is 88.4 cm³/mol. The Bertz CT molecular complexity index is 768. The van der Waals surface area contributed by atoms with E-state index in [0.717, 1.165) is 23.2 Å². The van der Waals surface area contributed by atoms with E-state index in [2.05, 4.69) is 4.98 Å². The number of pyridine rings is 1. The van der Waals surface area contributed by atoms with Crippen LogP contribution in [0, 0.1) is 6.92 Å². The molecular formula is C18H20N2O3. The van der Waals surface area contributed by atoms with Crippen LogP contribution in [0.25, 0.3) is 11.1 Å². The summed E-state index contributed by atoms with van der Waals surface area (Å²) in [6, 6.07) is 11.3. The molecule has 1 atom stereocenters. The molecule has 1 fully saturated rings. The molecule has 5 nitrogen and oxygen atoms in total. The number of likely N-dealkylation sites (tertiary alicyclic amines) is 1. The molecule has 1 amide bonds. The van der Waals surface area contributed by atoms with Crippen molar-refractivity contribution in [2.75, 3.05) is 13.1 Å². The van der Waals surface area contributed by atoms with Crippen LogP contribution in [0.2, 0.25) is 0 Å². The number of aliphatic hydroxyl groups is 1. The molecule has 0 aliphatic carbocycles. The molecule has 1 aromatic heterocycles. The van der Waals surface area contributed by atoms with Crippen LogP contribution in [0.15, 0.2) is 41.2 Å². The molecule has 120 valence electrons. The summed E-state index contributed by atoms with van der Waals surface area (Å²) in [6.07, 6.45) is 0.941. The molecule has 1 aromatic carbocycles. The van der Waals surface area contributed by atoms with Crippen molar-refractivity contribution in [2.24, 2.45) is 0 Å². The van der Waals surface area contributed by atoms with Gasteiger partial charge < -0.3 is 15.0 Å². The van der Waals surface area contributed by atoms with Gasteiger partial charge in [-0.2, -0.15) is 0 Å².